The monoisotopic (exact) mass is 505 g/mol. The molecule has 37 heavy (non-hydrogen) atoms. The lowest BCUT2D eigenvalue weighted by molar-refractivity contribution is 0.00159. The van der Waals surface area contributed by atoms with Crippen LogP contribution in [0.1, 0.15) is 28.8 Å². The number of morpholine rings is 1. The topological polar surface area (TPSA) is 108 Å². The summed E-state index contributed by atoms with van der Waals surface area (Å²) >= 11 is 0. The number of aromatic amines is 1. The molecular weight excluding hydrogens is 470 g/mol. The number of piperidine rings is 1. The molecule has 1 amide bonds. The van der Waals surface area contributed by atoms with E-state index in [0.29, 0.717) is 35.5 Å². The molecule has 0 radical (unpaired) electrons. The predicted molar refractivity (Wildman–Crippen MR) is 145 cm³/mol. The van der Waals surface area contributed by atoms with Gasteiger partial charge in [0.2, 0.25) is 5.95 Å². The van der Waals surface area contributed by atoms with Gasteiger partial charge in [-0.15, -0.1) is 6.58 Å². The van der Waals surface area contributed by atoms with Crippen LogP contribution in [-0.4, -0.2) is 89.7 Å². The fourth-order valence-electron chi connectivity index (χ4n) is 5.15. The Morgan fingerprint density at radius 1 is 1.24 bits per heavy atom. The Bertz CT molecular complexity index is 1260. The zero-order valence-corrected chi connectivity index (χ0v) is 21.5. The first-order valence-corrected chi connectivity index (χ1v) is 12.8. The van der Waals surface area contributed by atoms with Crippen LogP contribution in [0.4, 0.5) is 17.5 Å². The third-order valence-electron chi connectivity index (χ3n) is 7.15. The number of benzene rings is 1. The highest BCUT2D eigenvalue weighted by atomic mass is 16.5. The van der Waals surface area contributed by atoms with E-state index in [9.17, 15) is 4.79 Å². The van der Waals surface area contributed by atoms with Crippen LogP contribution in [0.2, 0.25) is 0 Å². The number of amides is 1. The summed E-state index contributed by atoms with van der Waals surface area (Å²) in [6.45, 7) is 11.5. The van der Waals surface area contributed by atoms with Crippen molar-refractivity contribution in [1.82, 2.24) is 24.8 Å². The van der Waals surface area contributed by atoms with Crippen molar-refractivity contribution < 1.29 is 14.3 Å². The fourth-order valence-corrected chi connectivity index (χ4v) is 5.15. The zero-order chi connectivity index (χ0) is 25.8. The van der Waals surface area contributed by atoms with Crippen LogP contribution in [0.5, 0.6) is 5.75 Å². The summed E-state index contributed by atoms with van der Waals surface area (Å²) in [5.74, 6) is 1.72. The summed E-state index contributed by atoms with van der Waals surface area (Å²) in [6.07, 6.45) is 5.67. The Labute approximate surface area is 217 Å². The number of aromatic nitrogens is 3. The Balaban J connectivity index is 1.29. The molecule has 0 atom stereocenters. The number of anilines is 3. The summed E-state index contributed by atoms with van der Waals surface area (Å²) < 4.78 is 11.1. The number of hydrogen-bond acceptors (Lipinski definition) is 8. The zero-order valence-electron chi connectivity index (χ0n) is 21.5. The van der Waals surface area contributed by atoms with Gasteiger partial charge in [0.25, 0.3) is 5.91 Å². The molecule has 3 aromatic rings. The van der Waals surface area contributed by atoms with E-state index in [1.165, 1.54) is 0 Å². The molecule has 4 heterocycles. The molecule has 2 fully saturated rings. The number of methoxy groups -OCH3 is 1. The first-order valence-electron chi connectivity index (χ1n) is 12.8. The highest BCUT2D eigenvalue weighted by molar-refractivity contribution is 5.96. The lowest BCUT2D eigenvalue weighted by atomic mass is 10.0. The quantitative estimate of drug-likeness (QED) is 0.399. The summed E-state index contributed by atoms with van der Waals surface area (Å²) in [7, 11) is 1.60. The van der Waals surface area contributed by atoms with Gasteiger partial charge in [0.15, 0.2) is 0 Å². The van der Waals surface area contributed by atoms with Crippen LogP contribution in [0.25, 0.3) is 11.0 Å². The van der Waals surface area contributed by atoms with Gasteiger partial charge >= 0.3 is 0 Å². The number of carbonyl (C=O) groups is 1. The molecule has 1 aromatic carbocycles. The van der Waals surface area contributed by atoms with Gasteiger partial charge in [-0.25, -0.2) is 0 Å². The average molecular weight is 506 g/mol. The number of hydrogen-bond donors (Lipinski definition) is 3. The fraction of sp³-hybridized carbons (Fsp3) is 0.444. The van der Waals surface area contributed by atoms with Crippen molar-refractivity contribution in [3.05, 3.63) is 48.2 Å². The second-order valence-electron chi connectivity index (χ2n) is 9.47. The van der Waals surface area contributed by atoms with Gasteiger partial charge in [-0.3, -0.25) is 9.69 Å². The number of nitrogens with zero attached hydrogens (tertiary/aromatic N) is 4. The van der Waals surface area contributed by atoms with E-state index < -0.39 is 0 Å². The minimum atomic E-state index is 0.0284. The van der Waals surface area contributed by atoms with Crippen LogP contribution in [-0.2, 0) is 4.74 Å². The molecule has 2 saturated heterocycles. The first kappa shape index (κ1) is 25.0. The number of ether oxygens (including phenoxy) is 2. The van der Waals surface area contributed by atoms with Gasteiger partial charge in [-0.05, 0) is 43.5 Å². The number of fused-ring (bicyclic) bond motifs is 1. The van der Waals surface area contributed by atoms with E-state index in [4.69, 9.17) is 9.47 Å². The second-order valence-corrected chi connectivity index (χ2v) is 9.47. The Morgan fingerprint density at radius 3 is 2.76 bits per heavy atom. The van der Waals surface area contributed by atoms with Crippen LogP contribution in [0, 0.1) is 6.92 Å². The van der Waals surface area contributed by atoms with Gasteiger partial charge in [0.1, 0.15) is 17.2 Å². The van der Waals surface area contributed by atoms with Crippen molar-refractivity contribution in [2.24, 2.45) is 0 Å². The van der Waals surface area contributed by atoms with Gasteiger partial charge in [0, 0.05) is 50.5 Å². The number of aryl methyl sites for hydroxylation is 1. The minimum Gasteiger partial charge on any atom is -0.495 e. The number of rotatable bonds is 8. The highest BCUT2D eigenvalue weighted by Gasteiger charge is 2.28. The Morgan fingerprint density at radius 2 is 2.03 bits per heavy atom. The maximum absolute atomic E-state index is 13.3. The standard InChI is InChI=1S/C27H35N7O3/c1-4-9-28-24-23-18(2)17-29-25(23)32-27(31-24)30-21-6-5-19(16-22(21)36-3)26(35)34-10-7-20(8-11-34)33-12-14-37-15-13-33/h4-6,16-17,20H,1,7-15H2,2-3H3,(H3,28,29,30,31,32). The molecule has 2 aromatic heterocycles. The average Bonchev–Trinajstić information content (AvgIpc) is 3.32. The molecule has 2 aliphatic rings. The van der Waals surface area contributed by atoms with E-state index in [-0.39, 0.29) is 5.91 Å². The van der Waals surface area contributed by atoms with E-state index >= 15 is 0 Å². The molecule has 196 valence electrons. The minimum absolute atomic E-state index is 0.0284. The van der Waals surface area contributed by atoms with Crippen molar-refractivity contribution in [3.63, 3.8) is 0 Å². The van der Waals surface area contributed by atoms with Crippen LogP contribution < -0.4 is 15.4 Å². The lowest BCUT2D eigenvalue weighted by Crippen LogP contribution is -2.50. The largest absolute Gasteiger partial charge is 0.495 e. The molecule has 0 unspecified atom stereocenters. The van der Waals surface area contributed by atoms with Gasteiger partial charge in [-0.1, -0.05) is 6.08 Å². The predicted octanol–water partition coefficient (Wildman–Crippen LogP) is 3.55. The summed E-state index contributed by atoms with van der Waals surface area (Å²) in [6, 6.07) is 5.99. The van der Waals surface area contributed by atoms with Crippen LogP contribution >= 0.6 is 0 Å². The molecule has 10 heteroatoms. The smallest absolute Gasteiger partial charge is 0.253 e. The maximum Gasteiger partial charge on any atom is 0.253 e. The lowest BCUT2D eigenvalue weighted by Gasteiger charge is -2.40. The van der Waals surface area contributed by atoms with Crippen molar-refractivity contribution in [2.45, 2.75) is 25.8 Å². The number of nitrogens with one attached hydrogen (secondary N) is 3. The van der Waals surface area contributed by atoms with Crippen LogP contribution in [0.15, 0.2) is 37.1 Å². The Hall–Kier alpha value is -3.63. The van der Waals surface area contributed by atoms with Gasteiger partial charge < -0.3 is 30.0 Å². The maximum atomic E-state index is 13.3. The molecule has 10 nitrogen and oxygen atoms in total. The third-order valence-corrected chi connectivity index (χ3v) is 7.15. The van der Waals surface area contributed by atoms with E-state index in [1.54, 1.807) is 19.3 Å². The van der Waals surface area contributed by atoms with Crippen molar-refractivity contribution in [3.8, 4) is 5.75 Å². The second kappa shape index (κ2) is 11.2. The van der Waals surface area contributed by atoms with E-state index in [0.717, 1.165) is 74.6 Å². The van der Waals surface area contributed by atoms with Gasteiger partial charge in [0.05, 0.1) is 31.4 Å². The number of H-pyrrole nitrogens is 1. The molecule has 3 N–H and O–H groups in total. The molecule has 0 bridgehead atoms. The van der Waals surface area contributed by atoms with Gasteiger partial charge in [-0.2, -0.15) is 9.97 Å². The van der Waals surface area contributed by atoms with E-state index in [2.05, 4.69) is 37.1 Å². The molecule has 5 rings (SSSR count). The van der Waals surface area contributed by atoms with Crippen LogP contribution in [0.3, 0.4) is 0 Å². The SMILES string of the molecule is C=CCNc1nc(Nc2ccc(C(=O)N3CCC(N4CCOCC4)CC3)cc2OC)nc2[nH]cc(C)c12. The number of carbonyl (C=O) groups excluding carboxylic acids is 1. The number of likely N-dealkylation sites (tertiary alicyclic amines) is 1. The van der Waals surface area contributed by atoms with E-state index in [1.807, 2.05) is 30.2 Å². The summed E-state index contributed by atoms with van der Waals surface area (Å²) in [5.41, 5.74) is 3.08. The molecular formula is C27H35N7O3. The van der Waals surface area contributed by atoms with Crippen molar-refractivity contribution in [1.29, 1.82) is 0 Å². The first-order chi connectivity index (χ1) is 18.1. The molecule has 0 aliphatic carbocycles. The third kappa shape index (κ3) is 5.40. The summed E-state index contributed by atoms with van der Waals surface area (Å²) in [4.78, 5) is 30.2. The summed E-state index contributed by atoms with van der Waals surface area (Å²) in [5, 5.41) is 7.48. The Kier molecular flexibility index (Phi) is 7.57. The molecule has 0 saturated carbocycles. The van der Waals surface area contributed by atoms with Crippen molar-refractivity contribution >= 4 is 34.4 Å². The van der Waals surface area contributed by atoms with Crippen molar-refractivity contribution in [2.75, 3.05) is 63.7 Å². The highest BCUT2D eigenvalue weighted by Crippen LogP contribution is 2.31. The molecule has 2 aliphatic heterocycles. The normalized spacial score (nSPS) is 17.1. The molecule has 0 spiro atoms.